The topological polar surface area (TPSA) is 98.9 Å². The van der Waals surface area contributed by atoms with Crippen molar-refractivity contribution in [2.24, 2.45) is 0 Å². The van der Waals surface area contributed by atoms with Gasteiger partial charge in [0.05, 0.1) is 11.0 Å². The van der Waals surface area contributed by atoms with Gasteiger partial charge < -0.3 is 14.6 Å². The van der Waals surface area contributed by atoms with Crippen LogP contribution in [0.25, 0.3) is 0 Å². The van der Waals surface area contributed by atoms with Crippen molar-refractivity contribution in [3.05, 3.63) is 33.4 Å². The van der Waals surface area contributed by atoms with E-state index in [-0.39, 0.29) is 24.1 Å². The summed E-state index contributed by atoms with van der Waals surface area (Å²) in [6, 6.07) is 3.26. The van der Waals surface area contributed by atoms with E-state index in [9.17, 15) is 14.9 Å². The highest BCUT2D eigenvalue weighted by atomic mass is 16.6. The van der Waals surface area contributed by atoms with Crippen molar-refractivity contribution in [1.82, 2.24) is 0 Å². The maximum absolute atomic E-state index is 11.1. The Labute approximate surface area is 121 Å². The first-order valence-electron chi connectivity index (χ1n) is 6.65. The number of hydrogen-bond donors (Lipinski definition) is 1. The van der Waals surface area contributed by atoms with E-state index < -0.39 is 17.0 Å². The molecular weight excluding hydrogens is 278 g/mol. The molecule has 0 radical (unpaired) electrons. The quantitative estimate of drug-likeness (QED) is 0.660. The summed E-state index contributed by atoms with van der Waals surface area (Å²) < 4.78 is 10.9. The fraction of sp³-hybridized carbons (Fsp3) is 0.500. The first-order chi connectivity index (χ1) is 9.88. The minimum absolute atomic E-state index is 0.0831. The van der Waals surface area contributed by atoms with Crippen molar-refractivity contribution in [3.8, 4) is 5.75 Å². The number of nitro groups is 1. The van der Waals surface area contributed by atoms with Crippen molar-refractivity contribution >= 4 is 11.7 Å². The van der Waals surface area contributed by atoms with Gasteiger partial charge >= 0.3 is 11.7 Å². The Balaban J connectivity index is 2.07. The van der Waals surface area contributed by atoms with Gasteiger partial charge in [-0.1, -0.05) is 6.07 Å². The molecule has 0 aliphatic carbocycles. The zero-order valence-corrected chi connectivity index (χ0v) is 11.9. The van der Waals surface area contributed by atoms with Crippen LogP contribution in [0.2, 0.25) is 0 Å². The molecule has 0 amide bonds. The summed E-state index contributed by atoms with van der Waals surface area (Å²) in [7, 11) is 0. The molecule has 114 valence electrons. The minimum Gasteiger partial charge on any atom is -0.484 e. The standard InChI is InChI=1S/C14H17NO6/c1-8-5-9(2)13(11(6-8)15(18)19)20-7-10-3-4-12(21-10)14(16)17/h5-6,10,12H,3-4,7H2,1-2H3,(H,16,17). The van der Waals surface area contributed by atoms with E-state index in [0.29, 0.717) is 18.4 Å². The maximum Gasteiger partial charge on any atom is 0.332 e. The number of aliphatic carboxylic acids is 1. The molecule has 1 aliphatic rings. The van der Waals surface area contributed by atoms with Gasteiger partial charge in [-0.3, -0.25) is 10.1 Å². The van der Waals surface area contributed by atoms with Crippen molar-refractivity contribution in [2.75, 3.05) is 6.61 Å². The van der Waals surface area contributed by atoms with Crippen molar-refractivity contribution < 1.29 is 24.3 Å². The lowest BCUT2D eigenvalue weighted by Gasteiger charge is -2.14. The molecule has 7 nitrogen and oxygen atoms in total. The van der Waals surface area contributed by atoms with Crippen molar-refractivity contribution in [1.29, 1.82) is 0 Å². The van der Waals surface area contributed by atoms with E-state index in [1.165, 1.54) is 6.07 Å². The second kappa shape index (κ2) is 6.09. The van der Waals surface area contributed by atoms with Gasteiger partial charge in [-0.2, -0.15) is 0 Å². The lowest BCUT2D eigenvalue weighted by molar-refractivity contribution is -0.386. The molecule has 0 spiro atoms. The second-order valence-electron chi connectivity index (χ2n) is 5.16. The minimum atomic E-state index is -0.991. The first kappa shape index (κ1) is 15.2. The summed E-state index contributed by atoms with van der Waals surface area (Å²) in [4.78, 5) is 21.4. The Morgan fingerprint density at radius 1 is 1.48 bits per heavy atom. The first-order valence-corrected chi connectivity index (χ1v) is 6.65. The van der Waals surface area contributed by atoms with Crippen LogP contribution in [0.3, 0.4) is 0 Å². The molecule has 21 heavy (non-hydrogen) atoms. The zero-order chi connectivity index (χ0) is 15.6. The number of carbonyl (C=O) groups is 1. The van der Waals surface area contributed by atoms with Gasteiger partial charge in [0.2, 0.25) is 0 Å². The summed E-state index contributed by atoms with van der Waals surface area (Å²) in [6.45, 7) is 3.63. The van der Waals surface area contributed by atoms with E-state index in [0.717, 1.165) is 5.56 Å². The molecule has 0 saturated carbocycles. The molecule has 1 aromatic rings. The Bertz CT molecular complexity index is 571. The number of nitrogens with zero attached hydrogens (tertiary/aromatic N) is 1. The van der Waals surface area contributed by atoms with E-state index in [2.05, 4.69) is 0 Å². The van der Waals surface area contributed by atoms with Crippen molar-refractivity contribution in [3.63, 3.8) is 0 Å². The molecule has 2 atom stereocenters. The number of rotatable bonds is 5. The largest absolute Gasteiger partial charge is 0.484 e. The molecule has 0 aromatic heterocycles. The van der Waals surface area contributed by atoms with Crippen LogP contribution in [0.4, 0.5) is 5.69 Å². The van der Waals surface area contributed by atoms with Crippen LogP contribution in [0, 0.1) is 24.0 Å². The van der Waals surface area contributed by atoms with Crippen LogP contribution in [-0.2, 0) is 9.53 Å². The molecule has 0 bridgehead atoms. The predicted octanol–water partition coefficient (Wildman–Crippen LogP) is 2.22. The number of carboxylic acids is 1. The number of benzene rings is 1. The fourth-order valence-corrected chi connectivity index (χ4v) is 2.44. The van der Waals surface area contributed by atoms with Crippen LogP contribution >= 0.6 is 0 Å². The molecule has 1 aliphatic heterocycles. The van der Waals surface area contributed by atoms with Crippen molar-refractivity contribution in [2.45, 2.75) is 38.9 Å². The molecular formula is C14H17NO6. The third-order valence-electron chi connectivity index (χ3n) is 3.39. The Kier molecular flexibility index (Phi) is 4.42. The summed E-state index contributed by atoms with van der Waals surface area (Å²) in [6.07, 6.45) is -0.173. The van der Waals surface area contributed by atoms with E-state index in [1.54, 1.807) is 19.9 Å². The number of hydrogen-bond acceptors (Lipinski definition) is 5. The fourth-order valence-electron chi connectivity index (χ4n) is 2.44. The van der Waals surface area contributed by atoms with Gasteiger partial charge in [-0.05, 0) is 37.8 Å². The highest BCUT2D eigenvalue weighted by Crippen LogP contribution is 2.33. The number of aryl methyl sites for hydroxylation is 2. The highest BCUT2D eigenvalue weighted by molar-refractivity contribution is 5.72. The summed E-state index contributed by atoms with van der Waals surface area (Å²) >= 11 is 0. The van der Waals surface area contributed by atoms with Gasteiger partial charge in [0.1, 0.15) is 6.61 Å². The van der Waals surface area contributed by atoms with Crippen LogP contribution in [0.5, 0.6) is 5.75 Å². The summed E-state index contributed by atoms with van der Waals surface area (Å²) in [5, 5.41) is 19.9. The molecule has 1 N–H and O–H groups in total. The SMILES string of the molecule is Cc1cc(C)c(OCC2CCC(C(=O)O)O2)c([N+](=O)[O-])c1. The molecule has 1 heterocycles. The van der Waals surface area contributed by atoms with Crippen LogP contribution < -0.4 is 4.74 Å². The third kappa shape index (κ3) is 3.49. The Morgan fingerprint density at radius 3 is 2.76 bits per heavy atom. The lowest BCUT2D eigenvalue weighted by atomic mass is 10.1. The van der Waals surface area contributed by atoms with Gasteiger partial charge in [-0.15, -0.1) is 0 Å². The van der Waals surface area contributed by atoms with Crippen LogP contribution in [0.1, 0.15) is 24.0 Å². The Morgan fingerprint density at radius 2 is 2.19 bits per heavy atom. The zero-order valence-electron chi connectivity index (χ0n) is 11.9. The molecule has 2 rings (SSSR count). The van der Waals surface area contributed by atoms with E-state index in [4.69, 9.17) is 14.6 Å². The third-order valence-corrected chi connectivity index (χ3v) is 3.39. The second-order valence-corrected chi connectivity index (χ2v) is 5.16. The molecule has 1 fully saturated rings. The van der Waals surface area contributed by atoms with Crippen LogP contribution in [0.15, 0.2) is 12.1 Å². The summed E-state index contributed by atoms with van der Waals surface area (Å²) in [5.41, 5.74) is 1.38. The molecule has 7 heteroatoms. The van der Waals surface area contributed by atoms with Gasteiger partial charge in [-0.25, -0.2) is 4.79 Å². The lowest BCUT2D eigenvalue weighted by Crippen LogP contribution is -2.24. The van der Waals surface area contributed by atoms with Gasteiger partial charge in [0, 0.05) is 6.07 Å². The highest BCUT2D eigenvalue weighted by Gasteiger charge is 2.31. The number of ether oxygens (including phenoxy) is 2. The maximum atomic E-state index is 11.1. The van der Waals surface area contributed by atoms with Crippen LogP contribution in [-0.4, -0.2) is 34.8 Å². The molecule has 2 unspecified atom stereocenters. The Hall–Kier alpha value is -2.15. The summed E-state index contributed by atoms with van der Waals surface area (Å²) in [5.74, 6) is -0.775. The van der Waals surface area contributed by atoms with E-state index >= 15 is 0 Å². The normalized spacial score (nSPS) is 21.2. The van der Waals surface area contributed by atoms with E-state index in [1.807, 2.05) is 0 Å². The van der Waals surface area contributed by atoms with Gasteiger partial charge in [0.15, 0.2) is 11.9 Å². The average Bonchev–Trinajstić information content (AvgIpc) is 2.85. The number of nitro benzene ring substituents is 1. The molecule has 1 saturated heterocycles. The van der Waals surface area contributed by atoms with Gasteiger partial charge in [0.25, 0.3) is 0 Å². The smallest absolute Gasteiger partial charge is 0.332 e. The predicted molar refractivity (Wildman–Crippen MR) is 73.6 cm³/mol. The number of carboxylic acid groups (broad SMARTS) is 1. The monoisotopic (exact) mass is 295 g/mol. The molecule has 1 aromatic carbocycles. The average molecular weight is 295 g/mol.